The van der Waals surface area contributed by atoms with Crippen molar-refractivity contribution in [1.82, 2.24) is 0 Å². The van der Waals surface area contributed by atoms with Crippen LogP contribution in [0.3, 0.4) is 0 Å². The molecule has 0 bridgehead atoms. The normalized spacial score (nSPS) is 20.7. The molecule has 1 aliphatic carbocycles. The van der Waals surface area contributed by atoms with E-state index in [1.165, 1.54) is 6.07 Å². The maximum Gasteiger partial charge on any atom is 0.129 e. The Labute approximate surface area is 64.8 Å². The molecule has 1 unspecified atom stereocenters. The van der Waals surface area contributed by atoms with Crippen LogP contribution in [0.5, 0.6) is 0 Å². The molecule has 0 saturated carbocycles. The molecule has 1 nitrogen and oxygen atoms in total. The molecule has 0 amide bonds. The van der Waals surface area contributed by atoms with Gasteiger partial charge in [-0.25, -0.2) is 4.39 Å². The Hall–Kier alpha value is -0.890. The highest BCUT2D eigenvalue weighted by molar-refractivity contribution is 5.39. The second-order valence-corrected chi connectivity index (χ2v) is 2.74. The lowest BCUT2D eigenvalue weighted by Gasteiger charge is -2.28. The van der Waals surface area contributed by atoms with Gasteiger partial charge in [0.25, 0.3) is 0 Å². The quantitative estimate of drug-likeness (QED) is 0.598. The minimum atomic E-state index is -0.138. The number of rotatable bonds is 1. The molecule has 0 radical (unpaired) electrons. The number of halogens is 1. The van der Waals surface area contributed by atoms with Crippen molar-refractivity contribution in [2.75, 3.05) is 7.11 Å². The second kappa shape index (κ2) is 2.31. The van der Waals surface area contributed by atoms with Crippen molar-refractivity contribution in [2.24, 2.45) is 0 Å². The number of methoxy groups -OCH3 is 1. The van der Waals surface area contributed by atoms with Gasteiger partial charge in [0.2, 0.25) is 0 Å². The van der Waals surface area contributed by atoms with Crippen LogP contribution >= 0.6 is 0 Å². The molecular weight excluding hydrogens is 143 g/mol. The maximum atomic E-state index is 13.0. The Morgan fingerprint density at radius 3 is 3.00 bits per heavy atom. The van der Waals surface area contributed by atoms with Crippen molar-refractivity contribution in [2.45, 2.75) is 12.5 Å². The molecule has 11 heavy (non-hydrogen) atoms. The Morgan fingerprint density at radius 1 is 1.55 bits per heavy atom. The lowest BCUT2D eigenvalue weighted by Crippen LogP contribution is -2.20. The first kappa shape index (κ1) is 6.80. The number of hydrogen-bond acceptors (Lipinski definition) is 1. The van der Waals surface area contributed by atoms with Crippen LogP contribution < -0.4 is 0 Å². The fourth-order valence-corrected chi connectivity index (χ4v) is 1.49. The van der Waals surface area contributed by atoms with E-state index in [4.69, 9.17) is 4.74 Å². The summed E-state index contributed by atoms with van der Waals surface area (Å²) in [4.78, 5) is 0. The summed E-state index contributed by atoms with van der Waals surface area (Å²) in [6, 6.07) is 5.15. The molecule has 1 aromatic rings. The summed E-state index contributed by atoms with van der Waals surface area (Å²) in [6.45, 7) is 0. The third-order valence-electron chi connectivity index (χ3n) is 2.16. The largest absolute Gasteiger partial charge is 0.376 e. The molecule has 0 N–H and O–H groups in total. The van der Waals surface area contributed by atoms with Crippen LogP contribution in [-0.4, -0.2) is 7.11 Å². The third kappa shape index (κ3) is 0.862. The molecule has 1 aliphatic rings. The van der Waals surface area contributed by atoms with Crippen LogP contribution in [0.15, 0.2) is 18.2 Å². The molecule has 1 aromatic carbocycles. The van der Waals surface area contributed by atoms with E-state index in [-0.39, 0.29) is 11.9 Å². The van der Waals surface area contributed by atoms with Crippen molar-refractivity contribution in [1.29, 1.82) is 0 Å². The van der Waals surface area contributed by atoms with Crippen LogP contribution in [-0.2, 0) is 11.2 Å². The Morgan fingerprint density at radius 2 is 2.36 bits per heavy atom. The maximum absolute atomic E-state index is 13.0. The fraction of sp³-hybridized carbons (Fsp3) is 0.333. The topological polar surface area (TPSA) is 9.23 Å². The first-order valence-corrected chi connectivity index (χ1v) is 3.63. The van der Waals surface area contributed by atoms with E-state index in [9.17, 15) is 4.39 Å². The van der Waals surface area contributed by atoms with Crippen LogP contribution in [0.4, 0.5) is 4.39 Å². The molecule has 0 aromatic heterocycles. The Balaban J connectivity index is 2.43. The van der Waals surface area contributed by atoms with E-state index in [2.05, 4.69) is 0 Å². The second-order valence-electron chi connectivity index (χ2n) is 2.74. The minimum Gasteiger partial charge on any atom is -0.376 e. The highest BCUT2D eigenvalue weighted by Gasteiger charge is 2.28. The lowest BCUT2D eigenvalue weighted by molar-refractivity contribution is 0.0805. The van der Waals surface area contributed by atoms with E-state index in [0.717, 1.165) is 17.5 Å². The zero-order valence-corrected chi connectivity index (χ0v) is 6.30. The van der Waals surface area contributed by atoms with E-state index < -0.39 is 0 Å². The first-order valence-electron chi connectivity index (χ1n) is 3.63. The van der Waals surface area contributed by atoms with Gasteiger partial charge in [0.1, 0.15) is 5.82 Å². The molecule has 0 aliphatic heterocycles. The van der Waals surface area contributed by atoms with Crippen LogP contribution in [0, 0.1) is 5.82 Å². The van der Waals surface area contributed by atoms with E-state index >= 15 is 0 Å². The van der Waals surface area contributed by atoms with Gasteiger partial charge in [-0.05, 0) is 11.6 Å². The summed E-state index contributed by atoms with van der Waals surface area (Å²) < 4.78 is 18.0. The summed E-state index contributed by atoms with van der Waals surface area (Å²) in [5, 5.41) is 0. The molecule has 1 atom stereocenters. The van der Waals surface area contributed by atoms with Crippen molar-refractivity contribution >= 4 is 0 Å². The average molecular weight is 152 g/mol. The minimum absolute atomic E-state index is 0.00815. The zero-order valence-electron chi connectivity index (χ0n) is 6.30. The Kier molecular flexibility index (Phi) is 1.43. The lowest BCUT2D eigenvalue weighted by atomic mass is 9.85. The third-order valence-corrected chi connectivity index (χ3v) is 2.16. The molecule has 0 heterocycles. The van der Waals surface area contributed by atoms with E-state index in [0.29, 0.717) is 0 Å². The summed E-state index contributed by atoms with van der Waals surface area (Å²) in [6.07, 6.45) is 0.843. The predicted molar refractivity (Wildman–Crippen MR) is 39.9 cm³/mol. The monoisotopic (exact) mass is 152 g/mol. The zero-order chi connectivity index (χ0) is 7.84. The van der Waals surface area contributed by atoms with Gasteiger partial charge in [-0.1, -0.05) is 12.1 Å². The standard InChI is InChI=1S/C9H9FO/c1-11-8-5-6-3-2-4-7(10)9(6)8/h2-4,8H,5H2,1H3. The molecular formula is C9H9FO. The number of benzene rings is 1. The highest BCUT2D eigenvalue weighted by atomic mass is 19.1. The fourth-order valence-electron chi connectivity index (χ4n) is 1.49. The average Bonchev–Trinajstić information content (AvgIpc) is 1.93. The number of fused-ring (bicyclic) bond motifs is 1. The van der Waals surface area contributed by atoms with Crippen LogP contribution in [0.2, 0.25) is 0 Å². The van der Waals surface area contributed by atoms with Gasteiger partial charge in [0, 0.05) is 19.1 Å². The SMILES string of the molecule is COC1Cc2cccc(F)c21. The molecule has 0 saturated heterocycles. The summed E-state index contributed by atoms with van der Waals surface area (Å²) >= 11 is 0. The summed E-state index contributed by atoms with van der Waals surface area (Å²) in [5.41, 5.74) is 1.83. The van der Waals surface area contributed by atoms with Crippen LogP contribution in [0.1, 0.15) is 17.2 Å². The summed E-state index contributed by atoms with van der Waals surface area (Å²) in [7, 11) is 1.61. The van der Waals surface area contributed by atoms with Gasteiger partial charge in [-0.15, -0.1) is 0 Å². The van der Waals surface area contributed by atoms with E-state index in [1.807, 2.05) is 6.07 Å². The molecule has 0 spiro atoms. The van der Waals surface area contributed by atoms with Crippen molar-refractivity contribution in [3.63, 3.8) is 0 Å². The van der Waals surface area contributed by atoms with Gasteiger partial charge in [0.05, 0.1) is 6.10 Å². The predicted octanol–water partition coefficient (Wildman–Crippen LogP) is 2.07. The van der Waals surface area contributed by atoms with Gasteiger partial charge in [-0.3, -0.25) is 0 Å². The Bertz CT molecular complexity index is 269. The van der Waals surface area contributed by atoms with Gasteiger partial charge in [-0.2, -0.15) is 0 Å². The van der Waals surface area contributed by atoms with Gasteiger partial charge in [0.15, 0.2) is 0 Å². The van der Waals surface area contributed by atoms with E-state index in [1.54, 1.807) is 13.2 Å². The molecule has 2 rings (SSSR count). The number of ether oxygens (including phenoxy) is 1. The first-order chi connectivity index (χ1) is 5.33. The van der Waals surface area contributed by atoms with Crippen molar-refractivity contribution < 1.29 is 9.13 Å². The highest BCUT2D eigenvalue weighted by Crippen LogP contribution is 2.36. The smallest absolute Gasteiger partial charge is 0.129 e. The molecule has 58 valence electrons. The van der Waals surface area contributed by atoms with Crippen LogP contribution in [0.25, 0.3) is 0 Å². The van der Waals surface area contributed by atoms with Crippen molar-refractivity contribution in [3.05, 3.63) is 35.1 Å². The summed E-state index contributed by atoms with van der Waals surface area (Å²) in [5.74, 6) is -0.138. The van der Waals surface area contributed by atoms with Gasteiger partial charge >= 0.3 is 0 Å². The molecule has 2 heteroatoms. The van der Waals surface area contributed by atoms with Crippen molar-refractivity contribution in [3.8, 4) is 0 Å². The van der Waals surface area contributed by atoms with Gasteiger partial charge < -0.3 is 4.74 Å². The molecule has 0 fully saturated rings. The number of hydrogen-bond donors (Lipinski definition) is 0.